The summed E-state index contributed by atoms with van der Waals surface area (Å²) in [5, 5.41) is 13.7. The van der Waals surface area contributed by atoms with Crippen LogP contribution in [0.25, 0.3) is 0 Å². The van der Waals surface area contributed by atoms with E-state index in [-0.39, 0.29) is 36.2 Å². The van der Waals surface area contributed by atoms with E-state index in [9.17, 15) is 5.11 Å². The van der Waals surface area contributed by atoms with Crippen LogP contribution in [0.2, 0.25) is 5.04 Å². The highest BCUT2D eigenvalue weighted by atomic mass is 28.4. The van der Waals surface area contributed by atoms with Crippen LogP contribution < -0.4 is 10.4 Å². The largest absolute Gasteiger partial charge is 0.404 e. The van der Waals surface area contributed by atoms with Crippen LogP contribution in [0, 0.1) is 5.92 Å². The van der Waals surface area contributed by atoms with Crippen LogP contribution >= 0.6 is 0 Å². The summed E-state index contributed by atoms with van der Waals surface area (Å²) in [5.74, 6) is -0.950. The lowest BCUT2D eigenvalue weighted by Crippen LogP contribution is -2.67. The maximum Gasteiger partial charge on any atom is 0.261 e. The predicted molar refractivity (Wildman–Crippen MR) is 182 cm³/mol. The highest BCUT2D eigenvalue weighted by Crippen LogP contribution is 2.39. The third-order valence-corrected chi connectivity index (χ3v) is 14.0. The van der Waals surface area contributed by atoms with E-state index in [4.69, 9.17) is 23.4 Å². The van der Waals surface area contributed by atoms with Gasteiger partial charge < -0.3 is 28.5 Å². The van der Waals surface area contributed by atoms with Crippen molar-refractivity contribution in [3.05, 3.63) is 73.3 Å². The molecule has 0 spiro atoms. The summed E-state index contributed by atoms with van der Waals surface area (Å²) < 4.78 is 30.9. The first-order valence-corrected chi connectivity index (χ1v) is 18.3. The monoisotopic (exact) mass is 626 g/mol. The average molecular weight is 627 g/mol. The lowest BCUT2D eigenvalue weighted by molar-refractivity contribution is -0.282. The van der Waals surface area contributed by atoms with E-state index in [1.807, 2.05) is 7.11 Å². The summed E-state index contributed by atoms with van der Waals surface area (Å²) in [7, 11) is 0.749. The van der Waals surface area contributed by atoms with Crippen LogP contribution in [0.5, 0.6) is 0 Å². The van der Waals surface area contributed by atoms with Crippen molar-refractivity contribution in [3.8, 4) is 0 Å². The van der Waals surface area contributed by atoms with Crippen molar-refractivity contribution in [2.45, 2.75) is 121 Å². The molecule has 0 aliphatic carbocycles. The molecule has 3 rings (SSSR count). The van der Waals surface area contributed by atoms with Gasteiger partial charge in [-0.25, -0.2) is 0 Å². The highest BCUT2D eigenvalue weighted by Gasteiger charge is 2.51. The van der Waals surface area contributed by atoms with E-state index in [2.05, 4.69) is 102 Å². The fraction of sp³-hybridized carbons (Fsp3) is 0.622. The Bertz CT molecular complexity index is 1050. The van der Waals surface area contributed by atoms with Crippen molar-refractivity contribution in [1.29, 1.82) is 0 Å². The first-order valence-electron chi connectivity index (χ1n) is 16.4. The molecule has 7 heteroatoms. The van der Waals surface area contributed by atoms with Crippen LogP contribution in [0.1, 0.15) is 86.0 Å². The Balaban J connectivity index is 1.79. The fourth-order valence-corrected chi connectivity index (χ4v) is 11.7. The molecule has 0 aromatic heterocycles. The molecule has 6 nitrogen and oxygen atoms in total. The van der Waals surface area contributed by atoms with Crippen molar-refractivity contribution >= 4 is 18.7 Å². The van der Waals surface area contributed by atoms with Gasteiger partial charge in [-0.1, -0.05) is 108 Å². The number of hydrogen-bond acceptors (Lipinski definition) is 6. The molecular weight excluding hydrogens is 568 g/mol. The average Bonchev–Trinajstić information content (AvgIpc) is 2.98. The van der Waals surface area contributed by atoms with Crippen molar-refractivity contribution in [2.75, 3.05) is 21.0 Å². The molecule has 246 valence electrons. The number of ether oxygens (including phenoxy) is 4. The second-order valence-corrected chi connectivity index (χ2v) is 17.9. The summed E-state index contributed by atoms with van der Waals surface area (Å²) in [6.45, 7) is 15.5. The molecule has 44 heavy (non-hydrogen) atoms. The Morgan fingerprint density at radius 3 is 2.14 bits per heavy atom. The van der Waals surface area contributed by atoms with Gasteiger partial charge in [-0.05, 0) is 47.0 Å². The zero-order chi connectivity index (χ0) is 32.2. The van der Waals surface area contributed by atoms with Gasteiger partial charge in [0, 0.05) is 39.6 Å². The van der Waals surface area contributed by atoms with Crippen molar-refractivity contribution in [1.82, 2.24) is 0 Å². The van der Waals surface area contributed by atoms with Crippen LogP contribution in [0.3, 0.4) is 0 Å². The van der Waals surface area contributed by atoms with Gasteiger partial charge in [-0.15, -0.1) is 6.58 Å². The van der Waals surface area contributed by atoms with Crippen LogP contribution in [0.15, 0.2) is 73.3 Å². The van der Waals surface area contributed by atoms with Crippen LogP contribution in [0.4, 0.5) is 0 Å². The molecule has 6 atom stereocenters. The summed E-state index contributed by atoms with van der Waals surface area (Å²) in [4.78, 5) is 0. The molecule has 1 aliphatic rings. The van der Waals surface area contributed by atoms with Crippen molar-refractivity contribution in [3.63, 3.8) is 0 Å². The summed E-state index contributed by atoms with van der Waals surface area (Å²) in [6.07, 6.45) is 7.56. The second kappa shape index (κ2) is 17.2. The molecule has 0 radical (unpaired) electrons. The predicted octanol–water partition coefficient (Wildman–Crippen LogP) is 6.99. The van der Waals surface area contributed by atoms with Gasteiger partial charge >= 0.3 is 0 Å². The van der Waals surface area contributed by atoms with E-state index in [0.29, 0.717) is 18.8 Å². The van der Waals surface area contributed by atoms with Crippen LogP contribution in [-0.4, -0.2) is 64.6 Å². The summed E-state index contributed by atoms with van der Waals surface area (Å²) >= 11 is 0. The summed E-state index contributed by atoms with van der Waals surface area (Å²) in [6, 6.07) is 21.7. The standard InChI is InChI=1S/C37H58O6Si/c1-9-17-30(43-44(36(4,5)6,34-18-13-11-14-19-34)35-20-15-12-16-21-35)25-31(40-8)23-29(3)24-32-26-33(41-28-39-7)27-37(38,42-32)22-10-2/h10-16,18-21,29-33,38H,2,9,17,22-28H2,1,3-8H3/t29-,30-,31-,32+,33+,37?/m1/s1. The molecule has 1 unspecified atom stereocenters. The topological polar surface area (TPSA) is 66.4 Å². The Hall–Kier alpha value is -1.84. The molecule has 2 aromatic carbocycles. The molecular formula is C37H58O6Si. The minimum Gasteiger partial charge on any atom is -0.404 e. The highest BCUT2D eigenvalue weighted by molar-refractivity contribution is 6.99. The third kappa shape index (κ3) is 9.83. The summed E-state index contributed by atoms with van der Waals surface area (Å²) in [5.41, 5.74) is 0. The Morgan fingerprint density at radius 1 is 1.02 bits per heavy atom. The maximum absolute atomic E-state index is 11.1. The van der Waals surface area contributed by atoms with Gasteiger partial charge in [-0.3, -0.25) is 0 Å². The molecule has 0 bridgehead atoms. The lowest BCUT2D eigenvalue weighted by Gasteiger charge is -2.45. The van der Waals surface area contributed by atoms with Crippen molar-refractivity contribution in [2.24, 2.45) is 5.92 Å². The fourth-order valence-electron chi connectivity index (χ4n) is 7.00. The number of aliphatic hydroxyl groups is 1. The SMILES string of the molecule is C=CCC1(O)C[C@@H](OCOC)C[C@H](C[C@H](C)C[C@H](C[C@@H](CCC)O[Si](c2ccccc2)(c2ccccc2)C(C)(C)C)OC)O1. The first-order chi connectivity index (χ1) is 21.0. The van der Waals surface area contributed by atoms with E-state index < -0.39 is 14.1 Å². The molecule has 0 amide bonds. The Labute approximate surface area is 268 Å². The molecule has 0 saturated carbocycles. The first kappa shape index (κ1) is 36.6. The van der Waals surface area contributed by atoms with Gasteiger partial charge in [0.2, 0.25) is 0 Å². The van der Waals surface area contributed by atoms with Gasteiger partial charge in [0.15, 0.2) is 5.79 Å². The number of hydrogen-bond donors (Lipinski definition) is 1. The molecule has 2 aromatic rings. The van der Waals surface area contributed by atoms with E-state index in [1.165, 1.54) is 10.4 Å². The molecule has 1 heterocycles. The zero-order valence-corrected chi connectivity index (χ0v) is 29.3. The number of rotatable bonds is 18. The maximum atomic E-state index is 11.1. The lowest BCUT2D eigenvalue weighted by atomic mass is 9.88. The van der Waals surface area contributed by atoms with Crippen LogP contribution in [-0.2, 0) is 23.4 Å². The smallest absolute Gasteiger partial charge is 0.261 e. The van der Waals surface area contributed by atoms with Gasteiger partial charge in [-0.2, -0.15) is 0 Å². The third-order valence-electron chi connectivity index (χ3n) is 8.90. The van der Waals surface area contributed by atoms with E-state index in [0.717, 1.165) is 38.5 Å². The minimum atomic E-state index is -2.68. The van der Waals surface area contributed by atoms with E-state index in [1.54, 1.807) is 13.2 Å². The second-order valence-electron chi connectivity index (χ2n) is 13.7. The van der Waals surface area contributed by atoms with Gasteiger partial charge in [0.05, 0.1) is 18.3 Å². The van der Waals surface area contributed by atoms with Gasteiger partial charge in [0.1, 0.15) is 6.79 Å². The normalized spacial score (nSPS) is 23.2. The van der Waals surface area contributed by atoms with E-state index >= 15 is 0 Å². The van der Waals surface area contributed by atoms with Crippen molar-refractivity contribution < 1.29 is 28.5 Å². The molecule has 1 fully saturated rings. The molecule has 1 N–H and O–H groups in total. The number of benzene rings is 2. The Morgan fingerprint density at radius 2 is 1.64 bits per heavy atom. The number of methoxy groups -OCH3 is 2. The quantitative estimate of drug-likeness (QED) is 0.109. The Kier molecular flexibility index (Phi) is 14.3. The minimum absolute atomic E-state index is 0.0379. The molecule has 1 aliphatic heterocycles. The molecule has 1 saturated heterocycles. The van der Waals surface area contributed by atoms with Gasteiger partial charge in [0.25, 0.3) is 8.32 Å². The zero-order valence-electron chi connectivity index (χ0n) is 28.3.